The highest BCUT2D eigenvalue weighted by Crippen LogP contribution is 2.12. The highest BCUT2D eigenvalue weighted by atomic mass is 19.1. The van der Waals surface area contributed by atoms with E-state index in [-0.39, 0.29) is 11.7 Å². The molecule has 0 saturated carbocycles. The standard InChI is InChI=1S/C16H17FN2O2/c1-12-7-8-15(18-11-12)19-16(20)6-3-9-21-14-5-2-4-13(17)10-14/h2,4-5,7-8,10-11H,3,6,9H2,1H3,(H,18,19,20). The summed E-state index contributed by atoms with van der Waals surface area (Å²) in [6, 6.07) is 9.58. The zero-order valence-electron chi connectivity index (χ0n) is 11.8. The van der Waals surface area contributed by atoms with Crippen LogP contribution in [0.25, 0.3) is 0 Å². The molecule has 0 bridgehead atoms. The van der Waals surface area contributed by atoms with Crippen molar-refractivity contribution in [1.29, 1.82) is 0 Å². The zero-order chi connectivity index (χ0) is 15.1. The summed E-state index contributed by atoms with van der Waals surface area (Å²) >= 11 is 0. The van der Waals surface area contributed by atoms with Gasteiger partial charge in [0.1, 0.15) is 17.4 Å². The van der Waals surface area contributed by atoms with E-state index in [1.54, 1.807) is 24.4 Å². The molecule has 5 heteroatoms. The van der Waals surface area contributed by atoms with E-state index in [1.807, 2.05) is 13.0 Å². The van der Waals surface area contributed by atoms with Gasteiger partial charge in [0.2, 0.25) is 5.91 Å². The van der Waals surface area contributed by atoms with Crippen molar-refractivity contribution >= 4 is 11.7 Å². The predicted molar refractivity (Wildman–Crippen MR) is 78.7 cm³/mol. The summed E-state index contributed by atoms with van der Waals surface area (Å²) in [4.78, 5) is 15.8. The minimum absolute atomic E-state index is 0.116. The second-order valence-electron chi connectivity index (χ2n) is 4.68. The highest BCUT2D eigenvalue weighted by molar-refractivity contribution is 5.89. The number of rotatable bonds is 6. The number of nitrogens with zero attached hydrogens (tertiary/aromatic N) is 1. The molecule has 2 aromatic rings. The van der Waals surface area contributed by atoms with Crippen molar-refractivity contribution in [2.24, 2.45) is 0 Å². The number of halogens is 1. The number of hydrogen-bond donors (Lipinski definition) is 1. The van der Waals surface area contributed by atoms with Crippen molar-refractivity contribution in [3.05, 3.63) is 54.0 Å². The average molecular weight is 288 g/mol. The fourth-order valence-electron chi connectivity index (χ4n) is 1.73. The summed E-state index contributed by atoms with van der Waals surface area (Å²) < 4.78 is 18.3. The van der Waals surface area contributed by atoms with E-state index >= 15 is 0 Å². The fraction of sp³-hybridized carbons (Fsp3) is 0.250. The van der Waals surface area contributed by atoms with Gasteiger partial charge in [-0.3, -0.25) is 4.79 Å². The molecule has 1 aromatic heterocycles. The maximum absolute atomic E-state index is 12.9. The van der Waals surface area contributed by atoms with Crippen LogP contribution in [0.4, 0.5) is 10.2 Å². The number of carbonyl (C=O) groups is 1. The molecule has 0 aliphatic rings. The maximum atomic E-state index is 12.9. The molecule has 0 aliphatic heterocycles. The van der Waals surface area contributed by atoms with Gasteiger partial charge in [0.05, 0.1) is 6.61 Å². The number of hydrogen-bond acceptors (Lipinski definition) is 3. The van der Waals surface area contributed by atoms with Crippen molar-refractivity contribution in [1.82, 2.24) is 4.98 Å². The Morgan fingerprint density at radius 1 is 1.33 bits per heavy atom. The lowest BCUT2D eigenvalue weighted by molar-refractivity contribution is -0.116. The molecule has 21 heavy (non-hydrogen) atoms. The van der Waals surface area contributed by atoms with Crippen LogP contribution in [-0.4, -0.2) is 17.5 Å². The Bertz CT molecular complexity index is 599. The van der Waals surface area contributed by atoms with Crippen LogP contribution in [0.5, 0.6) is 5.75 Å². The van der Waals surface area contributed by atoms with Gasteiger partial charge >= 0.3 is 0 Å². The molecule has 0 radical (unpaired) electrons. The van der Waals surface area contributed by atoms with Crippen LogP contribution in [0.3, 0.4) is 0 Å². The van der Waals surface area contributed by atoms with Crippen molar-refractivity contribution in [2.45, 2.75) is 19.8 Å². The van der Waals surface area contributed by atoms with Crippen LogP contribution in [-0.2, 0) is 4.79 Å². The molecule has 4 nitrogen and oxygen atoms in total. The third kappa shape index (κ3) is 5.22. The fourth-order valence-corrected chi connectivity index (χ4v) is 1.73. The molecule has 0 unspecified atom stereocenters. The Labute approximate surface area is 123 Å². The zero-order valence-corrected chi connectivity index (χ0v) is 11.8. The maximum Gasteiger partial charge on any atom is 0.225 e. The van der Waals surface area contributed by atoms with E-state index < -0.39 is 0 Å². The monoisotopic (exact) mass is 288 g/mol. The number of aryl methyl sites for hydroxylation is 1. The van der Waals surface area contributed by atoms with E-state index in [0.29, 0.717) is 31.0 Å². The number of carbonyl (C=O) groups excluding carboxylic acids is 1. The summed E-state index contributed by atoms with van der Waals surface area (Å²) in [5, 5.41) is 2.71. The molecule has 1 amide bonds. The SMILES string of the molecule is Cc1ccc(NC(=O)CCCOc2cccc(F)c2)nc1. The molecule has 2 rings (SSSR count). The number of benzene rings is 1. The summed E-state index contributed by atoms with van der Waals surface area (Å²) in [7, 11) is 0. The molecule has 1 aromatic carbocycles. The minimum Gasteiger partial charge on any atom is -0.493 e. The van der Waals surface area contributed by atoms with Crippen molar-refractivity contribution < 1.29 is 13.9 Å². The first-order valence-corrected chi connectivity index (χ1v) is 6.74. The molecular weight excluding hydrogens is 271 g/mol. The summed E-state index contributed by atoms with van der Waals surface area (Å²) in [6.45, 7) is 2.29. The highest BCUT2D eigenvalue weighted by Gasteiger charge is 2.03. The van der Waals surface area contributed by atoms with Gasteiger partial charge in [-0.1, -0.05) is 12.1 Å². The van der Waals surface area contributed by atoms with E-state index in [0.717, 1.165) is 5.56 Å². The van der Waals surface area contributed by atoms with Crippen LogP contribution in [0.2, 0.25) is 0 Å². The molecule has 0 aliphatic carbocycles. The quantitative estimate of drug-likeness (QED) is 0.829. The second-order valence-corrected chi connectivity index (χ2v) is 4.68. The number of ether oxygens (including phenoxy) is 1. The van der Waals surface area contributed by atoms with E-state index in [9.17, 15) is 9.18 Å². The first-order valence-electron chi connectivity index (χ1n) is 6.74. The van der Waals surface area contributed by atoms with Crippen molar-refractivity contribution in [3.63, 3.8) is 0 Å². The van der Waals surface area contributed by atoms with Crippen LogP contribution in [0.15, 0.2) is 42.6 Å². The second kappa shape index (κ2) is 7.38. The third-order valence-electron chi connectivity index (χ3n) is 2.79. The third-order valence-corrected chi connectivity index (χ3v) is 2.79. The topological polar surface area (TPSA) is 51.2 Å². The first kappa shape index (κ1) is 15.0. The van der Waals surface area contributed by atoms with Crippen LogP contribution in [0.1, 0.15) is 18.4 Å². The summed E-state index contributed by atoms with van der Waals surface area (Å²) in [6.07, 6.45) is 2.57. The molecular formula is C16H17FN2O2. The summed E-state index contributed by atoms with van der Waals surface area (Å²) in [5.74, 6) is 0.553. The average Bonchev–Trinajstić information content (AvgIpc) is 2.46. The van der Waals surface area contributed by atoms with Gasteiger partial charge in [-0.15, -0.1) is 0 Å². The lowest BCUT2D eigenvalue weighted by Gasteiger charge is -2.07. The van der Waals surface area contributed by atoms with Crippen molar-refractivity contribution in [2.75, 3.05) is 11.9 Å². The first-order chi connectivity index (χ1) is 10.1. The number of amides is 1. The van der Waals surface area contributed by atoms with Gasteiger partial charge < -0.3 is 10.1 Å². The predicted octanol–water partition coefficient (Wildman–Crippen LogP) is 3.33. The van der Waals surface area contributed by atoms with Gasteiger partial charge in [0, 0.05) is 18.7 Å². The molecule has 110 valence electrons. The Balaban J connectivity index is 1.68. The minimum atomic E-state index is -0.337. The van der Waals surface area contributed by atoms with Crippen LogP contribution >= 0.6 is 0 Å². The normalized spacial score (nSPS) is 10.2. The van der Waals surface area contributed by atoms with E-state index in [1.165, 1.54) is 12.1 Å². The Morgan fingerprint density at radius 3 is 2.90 bits per heavy atom. The largest absolute Gasteiger partial charge is 0.493 e. The number of anilines is 1. The number of pyridine rings is 1. The lowest BCUT2D eigenvalue weighted by atomic mass is 10.3. The summed E-state index contributed by atoms with van der Waals surface area (Å²) in [5.41, 5.74) is 1.04. The van der Waals surface area contributed by atoms with Gasteiger partial charge in [-0.2, -0.15) is 0 Å². The Kier molecular flexibility index (Phi) is 5.26. The number of nitrogens with one attached hydrogen (secondary N) is 1. The van der Waals surface area contributed by atoms with E-state index in [4.69, 9.17) is 4.74 Å². The molecule has 1 N–H and O–H groups in total. The van der Waals surface area contributed by atoms with Gasteiger partial charge in [-0.25, -0.2) is 9.37 Å². The van der Waals surface area contributed by atoms with Gasteiger partial charge in [-0.05, 0) is 37.1 Å². The van der Waals surface area contributed by atoms with Gasteiger partial charge in [0.25, 0.3) is 0 Å². The Morgan fingerprint density at radius 2 is 2.19 bits per heavy atom. The molecule has 0 atom stereocenters. The lowest BCUT2D eigenvalue weighted by Crippen LogP contribution is -2.13. The molecule has 0 fully saturated rings. The smallest absolute Gasteiger partial charge is 0.225 e. The van der Waals surface area contributed by atoms with Gasteiger partial charge in [0.15, 0.2) is 0 Å². The van der Waals surface area contributed by atoms with Crippen LogP contribution < -0.4 is 10.1 Å². The number of aromatic nitrogens is 1. The molecule has 1 heterocycles. The van der Waals surface area contributed by atoms with E-state index in [2.05, 4.69) is 10.3 Å². The van der Waals surface area contributed by atoms with Crippen LogP contribution in [0, 0.1) is 12.7 Å². The molecule has 0 saturated heterocycles. The Hall–Kier alpha value is -2.43. The molecule has 0 spiro atoms. The van der Waals surface area contributed by atoms with Crippen molar-refractivity contribution in [3.8, 4) is 5.75 Å².